The molecule has 0 N–H and O–H groups in total. The van der Waals surface area contributed by atoms with Crippen LogP contribution in [0.3, 0.4) is 0 Å². The van der Waals surface area contributed by atoms with E-state index < -0.39 is 11.5 Å². The van der Waals surface area contributed by atoms with Gasteiger partial charge in [0.25, 0.3) is 0 Å². The Kier molecular flexibility index (Phi) is 2.99. The van der Waals surface area contributed by atoms with Gasteiger partial charge in [-0.2, -0.15) is 12.6 Å². The second-order valence-corrected chi connectivity index (χ2v) is 3.72. The lowest BCUT2D eigenvalue weighted by atomic mass is 9.84. The summed E-state index contributed by atoms with van der Waals surface area (Å²) < 4.78 is 30.7. The van der Waals surface area contributed by atoms with Gasteiger partial charge in [-0.15, -0.1) is 0 Å². The Morgan fingerprint density at radius 2 is 1.75 bits per heavy atom. The van der Waals surface area contributed by atoms with Crippen molar-refractivity contribution in [2.75, 3.05) is 12.9 Å². The molecular formula is C8H14F2OS. The van der Waals surface area contributed by atoms with Crippen molar-refractivity contribution in [2.45, 2.75) is 37.2 Å². The highest BCUT2D eigenvalue weighted by atomic mass is 32.1. The number of thiol groups is 1. The summed E-state index contributed by atoms with van der Waals surface area (Å²) in [5, 5.41) is 0. The van der Waals surface area contributed by atoms with Gasteiger partial charge < -0.3 is 4.74 Å². The fourth-order valence-electron chi connectivity index (χ4n) is 1.50. The Bertz CT molecular complexity index is 145. The van der Waals surface area contributed by atoms with Gasteiger partial charge >= 0.3 is 0 Å². The normalized spacial score (nSPS) is 27.0. The molecule has 0 heterocycles. The molecule has 0 radical (unpaired) electrons. The van der Waals surface area contributed by atoms with Crippen LogP contribution in [0.4, 0.5) is 8.78 Å². The molecule has 4 heteroatoms. The van der Waals surface area contributed by atoms with E-state index in [4.69, 9.17) is 4.74 Å². The van der Waals surface area contributed by atoms with E-state index in [-0.39, 0.29) is 12.8 Å². The van der Waals surface area contributed by atoms with Gasteiger partial charge in [0.15, 0.2) is 0 Å². The predicted octanol–water partition coefficient (Wildman–Crippen LogP) is 2.51. The molecule has 1 aliphatic carbocycles. The second-order valence-electron chi connectivity index (χ2n) is 3.40. The van der Waals surface area contributed by atoms with Crippen molar-refractivity contribution in [3.63, 3.8) is 0 Å². The van der Waals surface area contributed by atoms with Crippen LogP contribution in [0.5, 0.6) is 0 Å². The van der Waals surface area contributed by atoms with E-state index in [9.17, 15) is 8.78 Å². The van der Waals surface area contributed by atoms with Crippen molar-refractivity contribution in [3.05, 3.63) is 0 Å². The molecule has 0 unspecified atom stereocenters. The molecule has 0 aromatic heterocycles. The Morgan fingerprint density at radius 1 is 1.25 bits per heavy atom. The summed E-state index contributed by atoms with van der Waals surface area (Å²) in [4.78, 5) is 0. The third-order valence-electron chi connectivity index (χ3n) is 2.61. The van der Waals surface area contributed by atoms with E-state index in [1.54, 1.807) is 7.11 Å². The number of rotatable bonds is 2. The molecule has 0 saturated heterocycles. The molecule has 0 bridgehead atoms. The highest BCUT2D eigenvalue weighted by Gasteiger charge is 2.42. The zero-order chi connectivity index (χ0) is 9.24. The minimum atomic E-state index is -2.48. The molecule has 1 rings (SSSR count). The first-order valence-electron chi connectivity index (χ1n) is 4.07. The molecule has 1 nitrogen and oxygen atoms in total. The average Bonchev–Trinajstić information content (AvgIpc) is 2.06. The number of ether oxygens (including phenoxy) is 1. The van der Waals surface area contributed by atoms with Crippen molar-refractivity contribution >= 4 is 12.6 Å². The molecule has 0 atom stereocenters. The quantitative estimate of drug-likeness (QED) is 0.668. The average molecular weight is 196 g/mol. The fraction of sp³-hybridized carbons (Fsp3) is 1.00. The molecule has 0 aromatic rings. The van der Waals surface area contributed by atoms with Crippen LogP contribution in [-0.2, 0) is 4.74 Å². The van der Waals surface area contributed by atoms with Crippen molar-refractivity contribution in [2.24, 2.45) is 0 Å². The first-order chi connectivity index (χ1) is 5.54. The maximum Gasteiger partial charge on any atom is 0.248 e. The predicted molar refractivity (Wildman–Crippen MR) is 47.0 cm³/mol. The molecule has 1 saturated carbocycles. The Morgan fingerprint density at radius 3 is 2.08 bits per heavy atom. The van der Waals surface area contributed by atoms with Crippen molar-refractivity contribution in [3.8, 4) is 0 Å². The lowest BCUT2D eigenvalue weighted by molar-refractivity contribution is -0.108. The monoisotopic (exact) mass is 196 g/mol. The molecule has 0 amide bonds. The van der Waals surface area contributed by atoms with Crippen LogP contribution in [0.15, 0.2) is 0 Å². The van der Waals surface area contributed by atoms with Crippen LogP contribution in [0.25, 0.3) is 0 Å². The van der Waals surface area contributed by atoms with Crippen LogP contribution < -0.4 is 0 Å². The maximum absolute atomic E-state index is 12.7. The fourth-order valence-corrected chi connectivity index (χ4v) is 1.94. The van der Waals surface area contributed by atoms with Crippen molar-refractivity contribution in [1.29, 1.82) is 0 Å². The summed E-state index contributed by atoms with van der Waals surface area (Å²) in [6.07, 6.45) is 0.697. The summed E-state index contributed by atoms with van der Waals surface area (Å²) in [6.45, 7) is 0. The SMILES string of the molecule is COC1(CS)CCC(F)(F)CC1. The number of hydrogen-bond acceptors (Lipinski definition) is 2. The molecule has 0 spiro atoms. The van der Waals surface area contributed by atoms with Gasteiger partial charge in [-0.1, -0.05) is 0 Å². The van der Waals surface area contributed by atoms with E-state index in [0.29, 0.717) is 18.6 Å². The van der Waals surface area contributed by atoms with Crippen LogP contribution in [-0.4, -0.2) is 24.4 Å². The third kappa shape index (κ3) is 2.10. The van der Waals surface area contributed by atoms with E-state index in [1.807, 2.05) is 0 Å². The van der Waals surface area contributed by atoms with Crippen LogP contribution in [0.2, 0.25) is 0 Å². The molecule has 72 valence electrons. The smallest absolute Gasteiger partial charge is 0.248 e. The van der Waals surface area contributed by atoms with Gasteiger partial charge in [-0.3, -0.25) is 0 Å². The number of hydrogen-bond donors (Lipinski definition) is 1. The van der Waals surface area contributed by atoms with E-state index in [0.717, 1.165) is 0 Å². The largest absolute Gasteiger partial charge is 0.377 e. The summed E-state index contributed by atoms with van der Waals surface area (Å²) in [6, 6.07) is 0. The highest BCUT2D eigenvalue weighted by molar-refractivity contribution is 7.80. The minimum Gasteiger partial charge on any atom is -0.377 e. The molecule has 0 aromatic carbocycles. The molecule has 0 aliphatic heterocycles. The molecular weight excluding hydrogens is 182 g/mol. The summed E-state index contributed by atoms with van der Waals surface area (Å²) in [5.74, 6) is -1.95. The Balaban J connectivity index is 2.53. The lowest BCUT2D eigenvalue weighted by Gasteiger charge is -2.37. The van der Waals surface area contributed by atoms with Gasteiger partial charge in [0.2, 0.25) is 5.92 Å². The topological polar surface area (TPSA) is 9.23 Å². The third-order valence-corrected chi connectivity index (χ3v) is 3.19. The second kappa shape index (κ2) is 3.50. The van der Waals surface area contributed by atoms with Crippen LogP contribution in [0.1, 0.15) is 25.7 Å². The summed E-state index contributed by atoms with van der Waals surface area (Å²) in [7, 11) is 1.57. The minimum absolute atomic E-state index is 0.0681. The van der Waals surface area contributed by atoms with Gasteiger partial charge in [-0.05, 0) is 12.8 Å². The number of halogens is 2. The number of methoxy groups -OCH3 is 1. The lowest BCUT2D eigenvalue weighted by Crippen LogP contribution is -2.41. The summed E-state index contributed by atoms with van der Waals surface area (Å²) >= 11 is 4.12. The highest BCUT2D eigenvalue weighted by Crippen LogP contribution is 2.40. The zero-order valence-electron chi connectivity index (χ0n) is 7.15. The maximum atomic E-state index is 12.7. The number of alkyl halides is 2. The van der Waals surface area contributed by atoms with Gasteiger partial charge in [0, 0.05) is 25.7 Å². The van der Waals surface area contributed by atoms with Crippen molar-refractivity contribution in [1.82, 2.24) is 0 Å². The molecule has 1 fully saturated rings. The van der Waals surface area contributed by atoms with E-state index in [2.05, 4.69) is 12.6 Å². The van der Waals surface area contributed by atoms with Crippen LogP contribution in [0, 0.1) is 0 Å². The zero-order valence-corrected chi connectivity index (χ0v) is 8.04. The van der Waals surface area contributed by atoms with Crippen LogP contribution >= 0.6 is 12.6 Å². The first kappa shape index (κ1) is 10.3. The molecule has 1 aliphatic rings. The van der Waals surface area contributed by atoms with E-state index in [1.165, 1.54) is 0 Å². The Labute approximate surface area is 76.9 Å². The van der Waals surface area contributed by atoms with Gasteiger partial charge in [0.1, 0.15) is 0 Å². The van der Waals surface area contributed by atoms with Crippen molar-refractivity contribution < 1.29 is 13.5 Å². The molecule has 12 heavy (non-hydrogen) atoms. The van der Waals surface area contributed by atoms with Gasteiger partial charge in [-0.25, -0.2) is 8.78 Å². The van der Waals surface area contributed by atoms with E-state index >= 15 is 0 Å². The standard InChI is InChI=1S/C8H14F2OS/c1-11-7(6-12)2-4-8(9,10)5-3-7/h12H,2-6H2,1H3. The van der Waals surface area contributed by atoms with Gasteiger partial charge in [0.05, 0.1) is 5.60 Å². The Hall–Kier alpha value is 0.170. The first-order valence-corrected chi connectivity index (χ1v) is 4.71. The summed E-state index contributed by atoms with van der Waals surface area (Å²) in [5.41, 5.74) is -0.398.